The van der Waals surface area contributed by atoms with Crippen LogP contribution >= 0.6 is 0 Å². The number of pyridine rings is 1. The maximum Gasteiger partial charge on any atom is 0.0850 e. The molecule has 0 atom stereocenters. The molecule has 2 aromatic rings. The monoisotopic (exact) mass is 270 g/mol. The molecule has 3 heteroatoms. The fraction of sp³-hybridized carbons (Fsp3) is 0.471. The van der Waals surface area contributed by atoms with E-state index in [1.54, 1.807) is 0 Å². The second-order valence-corrected chi connectivity index (χ2v) is 5.63. The number of aryl methyl sites for hydroxylation is 1. The predicted molar refractivity (Wildman–Crippen MR) is 83.2 cm³/mol. The molecule has 106 valence electrons. The molecule has 3 nitrogen and oxygen atoms in total. The number of ether oxygens (including phenoxy) is 1. The van der Waals surface area contributed by atoms with Crippen molar-refractivity contribution in [1.29, 1.82) is 0 Å². The van der Waals surface area contributed by atoms with Gasteiger partial charge in [-0.25, -0.2) is 0 Å². The van der Waals surface area contributed by atoms with E-state index in [0.29, 0.717) is 0 Å². The Balaban J connectivity index is 1.89. The van der Waals surface area contributed by atoms with Gasteiger partial charge in [0.1, 0.15) is 0 Å². The number of nitrogens with one attached hydrogen (secondary N) is 1. The molecule has 1 N–H and O–H groups in total. The van der Waals surface area contributed by atoms with Crippen LogP contribution in [0, 0.1) is 0 Å². The van der Waals surface area contributed by atoms with E-state index in [4.69, 9.17) is 4.74 Å². The molecule has 1 aromatic heterocycles. The third-order valence-electron chi connectivity index (χ3n) is 4.43. The third-order valence-corrected chi connectivity index (χ3v) is 4.43. The molecular weight excluding hydrogens is 248 g/mol. The molecular formula is C17H22N2O. The quantitative estimate of drug-likeness (QED) is 0.898. The van der Waals surface area contributed by atoms with Crippen molar-refractivity contribution >= 4 is 16.6 Å². The summed E-state index contributed by atoms with van der Waals surface area (Å²) in [5.74, 6) is 0. The molecule has 0 saturated heterocycles. The molecule has 0 amide bonds. The number of hydrogen-bond donors (Lipinski definition) is 1. The molecule has 1 aromatic carbocycles. The number of fused-ring (bicyclic) bond motifs is 1. The van der Waals surface area contributed by atoms with Crippen molar-refractivity contribution in [2.45, 2.75) is 38.2 Å². The Bertz CT molecular complexity index is 599. The van der Waals surface area contributed by atoms with Gasteiger partial charge in [0.25, 0.3) is 0 Å². The first-order valence-electron chi connectivity index (χ1n) is 7.44. The van der Waals surface area contributed by atoms with Gasteiger partial charge in [-0.15, -0.1) is 0 Å². The van der Waals surface area contributed by atoms with Gasteiger partial charge < -0.3 is 10.1 Å². The molecule has 1 aliphatic rings. The minimum absolute atomic E-state index is 0.0384. The molecule has 1 heterocycles. The van der Waals surface area contributed by atoms with Gasteiger partial charge in [0, 0.05) is 30.4 Å². The summed E-state index contributed by atoms with van der Waals surface area (Å²) in [5.41, 5.74) is 3.41. The lowest BCUT2D eigenvalue weighted by molar-refractivity contribution is -0.0601. The Kier molecular flexibility index (Phi) is 3.62. The molecule has 20 heavy (non-hydrogen) atoms. The van der Waals surface area contributed by atoms with Crippen molar-refractivity contribution < 1.29 is 4.74 Å². The zero-order chi connectivity index (χ0) is 14.0. The zero-order valence-electron chi connectivity index (χ0n) is 12.3. The highest BCUT2D eigenvalue weighted by molar-refractivity contribution is 5.91. The Labute approximate surface area is 120 Å². The number of hydrogen-bond acceptors (Lipinski definition) is 3. The fourth-order valence-corrected chi connectivity index (χ4v) is 2.84. The summed E-state index contributed by atoms with van der Waals surface area (Å²) in [7, 11) is 1.82. The number of para-hydroxylation sites is 1. The third kappa shape index (κ3) is 2.38. The van der Waals surface area contributed by atoms with Crippen molar-refractivity contribution in [2.24, 2.45) is 0 Å². The highest BCUT2D eigenvalue weighted by atomic mass is 16.5. The van der Waals surface area contributed by atoms with Crippen LogP contribution in [0.25, 0.3) is 10.9 Å². The molecule has 0 unspecified atom stereocenters. The van der Waals surface area contributed by atoms with E-state index < -0.39 is 0 Å². The average Bonchev–Trinajstić information content (AvgIpc) is 2.46. The predicted octanol–water partition coefficient (Wildman–Crippen LogP) is 3.78. The van der Waals surface area contributed by atoms with Crippen LogP contribution in [0.3, 0.4) is 0 Å². The molecule has 1 fully saturated rings. The molecule has 0 spiro atoms. The van der Waals surface area contributed by atoms with Crippen molar-refractivity contribution in [2.75, 3.05) is 19.0 Å². The van der Waals surface area contributed by atoms with Crippen LogP contribution in [0.4, 0.5) is 5.69 Å². The van der Waals surface area contributed by atoms with Gasteiger partial charge in [0.05, 0.1) is 11.1 Å². The number of benzene rings is 1. The molecule has 3 rings (SSSR count). The van der Waals surface area contributed by atoms with Gasteiger partial charge in [-0.05, 0) is 37.8 Å². The Morgan fingerprint density at radius 1 is 1.30 bits per heavy atom. The van der Waals surface area contributed by atoms with Gasteiger partial charge in [-0.2, -0.15) is 0 Å². The Morgan fingerprint density at radius 2 is 2.10 bits per heavy atom. The molecule has 1 aliphatic carbocycles. The van der Waals surface area contributed by atoms with Gasteiger partial charge in [-0.3, -0.25) is 4.98 Å². The second kappa shape index (κ2) is 5.41. The first-order valence-corrected chi connectivity index (χ1v) is 7.44. The second-order valence-electron chi connectivity index (χ2n) is 5.63. The number of anilines is 1. The van der Waals surface area contributed by atoms with E-state index in [0.717, 1.165) is 37.0 Å². The summed E-state index contributed by atoms with van der Waals surface area (Å²) < 4.78 is 5.69. The highest BCUT2D eigenvalue weighted by Gasteiger charge is 2.36. The molecule has 1 saturated carbocycles. The number of methoxy groups -OCH3 is 1. The van der Waals surface area contributed by atoms with E-state index in [1.165, 1.54) is 17.5 Å². The minimum atomic E-state index is 0.0384. The SMILES string of the molecule is CCc1cc(NCC2(OC)CCC2)c2ccccc2n1. The fourth-order valence-electron chi connectivity index (χ4n) is 2.84. The van der Waals surface area contributed by atoms with E-state index >= 15 is 0 Å². The molecule has 0 bridgehead atoms. The van der Waals surface area contributed by atoms with Crippen molar-refractivity contribution in [3.05, 3.63) is 36.0 Å². The maximum atomic E-state index is 5.69. The average molecular weight is 270 g/mol. The van der Waals surface area contributed by atoms with Crippen LogP contribution in [0.1, 0.15) is 31.9 Å². The van der Waals surface area contributed by atoms with E-state index in [2.05, 4.69) is 41.5 Å². The molecule has 0 radical (unpaired) electrons. The lowest BCUT2D eigenvalue weighted by Gasteiger charge is -2.40. The van der Waals surface area contributed by atoms with E-state index in [-0.39, 0.29) is 5.60 Å². The Morgan fingerprint density at radius 3 is 2.75 bits per heavy atom. The first-order chi connectivity index (χ1) is 9.76. The van der Waals surface area contributed by atoms with Crippen molar-refractivity contribution in [3.8, 4) is 0 Å². The van der Waals surface area contributed by atoms with Crippen LogP contribution in [0.2, 0.25) is 0 Å². The normalized spacial score (nSPS) is 16.9. The smallest absolute Gasteiger partial charge is 0.0850 e. The summed E-state index contributed by atoms with van der Waals surface area (Å²) >= 11 is 0. The van der Waals surface area contributed by atoms with Crippen LogP contribution in [-0.2, 0) is 11.2 Å². The standard InChI is InChI=1S/C17H22N2O/c1-3-13-11-16(14-7-4-5-8-15(14)19-13)18-12-17(20-2)9-6-10-17/h4-5,7-8,11H,3,6,9-10,12H2,1-2H3,(H,18,19). The number of rotatable bonds is 5. The first kappa shape index (κ1) is 13.4. The van der Waals surface area contributed by atoms with Crippen LogP contribution in [-0.4, -0.2) is 24.2 Å². The lowest BCUT2D eigenvalue weighted by atomic mass is 9.80. The summed E-state index contributed by atoms with van der Waals surface area (Å²) in [4.78, 5) is 4.68. The highest BCUT2D eigenvalue weighted by Crippen LogP contribution is 2.35. The topological polar surface area (TPSA) is 34.1 Å². The molecule has 0 aliphatic heterocycles. The van der Waals surface area contributed by atoms with Gasteiger partial charge in [0.2, 0.25) is 0 Å². The van der Waals surface area contributed by atoms with Gasteiger partial charge in [-0.1, -0.05) is 25.1 Å². The maximum absolute atomic E-state index is 5.69. The van der Waals surface area contributed by atoms with Crippen LogP contribution in [0.15, 0.2) is 30.3 Å². The van der Waals surface area contributed by atoms with Crippen molar-refractivity contribution in [3.63, 3.8) is 0 Å². The van der Waals surface area contributed by atoms with Crippen molar-refractivity contribution in [1.82, 2.24) is 4.98 Å². The summed E-state index contributed by atoms with van der Waals surface area (Å²) in [6, 6.07) is 10.5. The Hall–Kier alpha value is -1.61. The van der Waals surface area contributed by atoms with E-state index in [9.17, 15) is 0 Å². The van der Waals surface area contributed by atoms with Gasteiger partial charge >= 0.3 is 0 Å². The van der Waals surface area contributed by atoms with Crippen LogP contribution in [0.5, 0.6) is 0 Å². The largest absolute Gasteiger partial charge is 0.382 e. The van der Waals surface area contributed by atoms with Gasteiger partial charge in [0.15, 0.2) is 0 Å². The van der Waals surface area contributed by atoms with Crippen LogP contribution < -0.4 is 5.32 Å². The minimum Gasteiger partial charge on any atom is -0.382 e. The lowest BCUT2D eigenvalue weighted by Crippen LogP contribution is -2.45. The summed E-state index contributed by atoms with van der Waals surface area (Å²) in [6.07, 6.45) is 4.53. The van der Waals surface area contributed by atoms with E-state index in [1.807, 2.05) is 13.2 Å². The summed E-state index contributed by atoms with van der Waals surface area (Å²) in [5, 5.41) is 4.78. The number of aromatic nitrogens is 1. The summed E-state index contributed by atoms with van der Waals surface area (Å²) in [6.45, 7) is 3.02. The zero-order valence-corrected chi connectivity index (χ0v) is 12.3. The number of nitrogens with zero attached hydrogens (tertiary/aromatic N) is 1.